The third-order valence-corrected chi connectivity index (χ3v) is 1.60. The summed E-state index contributed by atoms with van der Waals surface area (Å²) in [7, 11) is 0. The molecule has 1 rings (SSSR count). The summed E-state index contributed by atoms with van der Waals surface area (Å²) >= 11 is 0. The number of hydrogen-bond donors (Lipinski definition) is 4. The Bertz CT molecular complexity index is 500. The predicted octanol–water partition coefficient (Wildman–Crippen LogP) is 1.11. The third kappa shape index (κ3) is 17.4. The Morgan fingerprint density at radius 2 is 1.95 bits per heavy atom. The van der Waals surface area contributed by atoms with E-state index in [0.717, 1.165) is 0 Å². The first kappa shape index (κ1) is 27.7. The summed E-state index contributed by atoms with van der Waals surface area (Å²) < 4.78 is 1.74. The van der Waals surface area contributed by atoms with E-state index < -0.39 is 0 Å². The molecule has 0 aliphatic heterocycles. The molecule has 0 bridgehead atoms. The number of rotatable bonds is 2. The van der Waals surface area contributed by atoms with Gasteiger partial charge in [-0.2, -0.15) is 0 Å². The molecule has 8 nitrogen and oxygen atoms in total. The molecule has 1 heterocycles. The molecule has 8 heteroatoms. The number of amides is 1. The highest BCUT2D eigenvalue weighted by atomic mass is 16.2. The number of imidazole rings is 1. The normalized spacial score (nSPS) is 7.73. The smallest absolute Gasteiger partial charge is 0.240 e. The summed E-state index contributed by atoms with van der Waals surface area (Å²) in [6, 6.07) is 0. The number of nitrogens with one attached hydrogen (secondary N) is 1. The van der Waals surface area contributed by atoms with Crippen LogP contribution in [0.25, 0.3) is 0 Å². The minimum Gasteiger partial charge on any atom is -0.350 e. The number of carbonyl (C=O) groups excluding carboxylic acids is 2. The van der Waals surface area contributed by atoms with Crippen LogP contribution < -0.4 is 23.8 Å². The Kier molecular flexibility index (Phi) is 18.5. The minimum atomic E-state index is -0.169. The van der Waals surface area contributed by atoms with E-state index >= 15 is 0 Å². The fourth-order valence-electron chi connectivity index (χ4n) is 1.07. The highest BCUT2D eigenvalue weighted by molar-refractivity contribution is 5.76. The molecule has 0 radical (unpaired) electrons. The first-order chi connectivity index (χ1) is 8.89. The van der Waals surface area contributed by atoms with Gasteiger partial charge in [-0.1, -0.05) is 0 Å². The summed E-state index contributed by atoms with van der Waals surface area (Å²) in [4.78, 5) is 24.5. The second-order valence-electron chi connectivity index (χ2n) is 4.56. The minimum absolute atomic E-state index is 0. The Morgan fingerprint density at radius 3 is 2.27 bits per heavy atom. The van der Waals surface area contributed by atoms with Gasteiger partial charge < -0.3 is 28.3 Å². The Morgan fingerprint density at radius 1 is 1.36 bits per heavy atom. The monoisotopic (exact) mass is 310 g/mol. The van der Waals surface area contributed by atoms with Gasteiger partial charge in [0.15, 0.2) is 6.29 Å². The second kappa shape index (κ2) is 14.8. The van der Waals surface area contributed by atoms with E-state index in [4.69, 9.17) is 0 Å². The summed E-state index contributed by atoms with van der Waals surface area (Å²) in [6.07, 6.45) is 10.1. The van der Waals surface area contributed by atoms with Crippen LogP contribution >= 0.6 is 0 Å². The average Bonchev–Trinajstić information content (AvgIpc) is 2.77. The van der Waals surface area contributed by atoms with Crippen LogP contribution in [0.15, 0.2) is 18.7 Å². The maximum absolute atomic E-state index is 11.4. The Labute approximate surface area is 131 Å². The van der Waals surface area contributed by atoms with Crippen LogP contribution in [0.2, 0.25) is 0 Å². The molecule has 10 N–H and O–H groups in total. The van der Waals surface area contributed by atoms with Crippen LogP contribution in [0.4, 0.5) is 0 Å². The highest BCUT2D eigenvalue weighted by Crippen LogP contribution is 1.98. The van der Waals surface area contributed by atoms with Gasteiger partial charge in [0.05, 0.1) is 6.33 Å². The molecule has 0 unspecified atom stereocenters. The topological polar surface area (TPSA) is 169 Å². The molecule has 0 spiro atoms. The second-order valence-corrected chi connectivity index (χ2v) is 4.56. The molecule has 0 saturated carbocycles. The van der Waals surface area contributed by atoms with Crippen LogP contribution in [-0.2, 0) is 16.1 Å². The zero-order valence-electron chi connectivity index (χ0n) is 13.4. The Hall–Kier alpha value is -2.65. The first-order valence-corrected chi connectivity index (χ1v) is 5.55. The van der Waals surface area contributed by atoms with E-state index in [1.165, 1.54) is 0 Å². The molecule has 124 valence electrons. The molecule has 22 heavy (non-hydrogen) atoms. The molecule has 1 amide bonds. The van der Waals surface area contributed by atoms with E-state index in [0.29, 0.717) is 12.8 Å². The lowest BCUT2D eigenvalue weighted by atomic mass is 10.1. The van der Waals surface area contributed by atoms with Crippen molar-refractivity contribution < 1.29 is 9.59 Å². The summed E-state index contributed by atoms with van der Waals surface area (Å²) in [5, 5.41) is 2.87. The largest absolute Gasteiger partial charge is 0.350 e. The van der Waals surface area contributed by atoms with Crippen molar-refractivity contribution in [1.29, 1.82) is 0 Å². The van der Waals surface area contributed by atoms with Crippen LogP contribution in [-0.4, -0.2) is 27.3 Å². The van der Waals surface area contributed by atoms with Crippen LogP contribution in [0.3, 0.4) is 0 Å². The molecule has 0 atom stereocenters. The standard InChI is InChI=1S/C9H15N3O.C5H2O.3H3N/c1-9(2,3)11-8(13)6-12-5-4-10-7-12;1-2-3-4-5-6;;;/h4-5,7H,6H2,1-3H3,(H,11,13);1,5H;3*1H3. The maximum atomic E-state index is 11.4. The van der Waals surface area contributed by atoms with Crippen molar-refractivity contribution in [3.63, 3.8) is 0 Å². The maximum Gasteiger partial charge on any atom is 0.240 e. The van der Waals surface area contributed by atoms with Crippen molar-refractivity contribution in [1.82, 2.24) is 33.3 Å². The molecule has 0 fully saturated rings. The molecule has 0 aromatic carbocycles. The van der Waals surface area contributed by atoms with Crippen molar-refractivity contribution in [2.45, 2.75) is 32.9 Å². The van der Waals surface area contributed by atoms with E-state index in [1.807, 2.05) is 32.6 Å². The molecule has 0 aliphatic carbocycles. The van der Waals surface area contributed by atoms with E-state index in [9.17, 15) is 9.59 Å². The first-order valence-electron chi connectivity index (χ1n) is 5.55. The molecule has 0 aliphatic rings. The van der Waals surface area contributed by atoms with E-state index in [1.54, 1.807) is 23.3 Å². The van der Waals surface area contributed by atoms with E-state index in [2.05, 4.69) is 22.6 Å². The Balaban J connectivity index is -0.000000158. The quantitative estimate of drug-likeness (QED) is 0.471. The number of nitrogens with zero attached hydrogens (tertiary/aromatic N) is 2. The summed E-state index contributed by atoms with van der Waals surface area (Å²) in [5.74, 6) is 6.12. The number of carbonyl (C=O) groups is 2. The summed E-state index contributed by atoms with van der Waals surface area (Å²) in [5.41, 5.74) is -0.169. The SMILES string of the molecule is C#CC#CC=O.CC(C)(C)NC(=O)Cn1ccnc1.N.N.N. The molecule has 1 aromatic heterocycles. The third-order valence-electron chi connectivity index (χ3n) is 1.60. The lowest BCUT2D eigenvalue weighted by molar-refractivity contribution is -0.123. The number of terminal acetylenes is 1. The fraction of sp³-hybridized carbons (Fsp3) is 0.357. The van der Waals surface area contributed by atoms with Gasteiger partial charge in [-0.3, -0.25) is 9.59 Å². The molecule has 0 saturated heterocycles. The van der Waals surface area contributed by atoms with Gasteiger partial charge in [-0.15, -0.1) is 6.42 Å². The van der Waals surface area contributed by atoms with Crippen molar-refractivity contribution in [3.8, 4) is 24.2 Å². The van der Waals surface area contributed by atoms with Gasteiger partial charge in [-0.25, -0.2) is 4.98 Å². The predicted molar refractivity (Wildman–Crippen MR) is 87.9 cm³/mol. The van der Waals surface area contributed by atoms with Crippen LogP contribution in [0, 0.1) is 24.2 Å². The zero-order valence-corrected chi connectivity index (χ0v) is 13.4. The van der Waals surface area contributed by atoms with Gasteiger partial charge in [0, 0.05) is 17.9 Å². The summed E-state index contributed by atoms with van der Waals surface area (Å²) in [6.45, 7) is 6.20. The molecule has 1 aromatic rings. The van der Waals surface area contributed by atoms with Crippen LogP contribution in [0.1, 0.15) is 20.8 Å². The fourth-order valence-corrected chi connectivity index (χ4v) is 1.07. The van der Waals surface area contributed by atoms with Crippen molar-refractivity contribution in [3.05, 3.63) is 18.7 Å². The van der Waals surface area contributed by atoms with Gasteiger partial charge in [-0.05, 0) is 38.5 Å². The van der Waals surface area contributed by atoms with E-state index in [-0.39, 0.29) is 29.9 Å². The lowest BCUT2D eigenvalue weighted by Gasteiger charge is -2.20. The van der Waals surface area contributed by atoms with Gasteiger partial charge >= 0.3 is 0 Å². The van der Waals surface area contributed by atoms with Crippen molar-refractivity contribution in [2.75, 3.05) is 0 Å². The number of aldehydes is 1. The van der Waals surface area contributed by atoms with Crippen molar-refractivity contribution in [2.24, 2.45) is 0 Å². The highest BCUT2D eigenvalue weighted by Gasteiger charge is 2.13. The van der Waals surface area contributed by atoms with Gasteiger partial charge in [0.2, 0.25) is 5.91 Å². The zero-order chi connectivity index (χ0) is 14.7. The number of hydrogen-bond acceptors (Lipinski definition) is 6. The van der Waals surface area contributed by atoms with Gasteiger partial charge in [0.25, 0.3) is 0 Å². The van der Waals surface area contributed by atoms with Crippen molar-refractivity contribution >= 4 is 12.2 Å². The van der Waals surface area contributed by atoms with Gasteiger partial charge in [0.1, 0.15) is 6.54 Å². The number of aromatic nitrogens is 2. The molecular formula is C14H26N6O2. The van der Waals surface area contributed by atoms with Crippen LogP contribution in [0.5, 0.6) is 0 Å². The average molecular weight is 310 g/mol. The lowest BCUT2D eigenvalue weighted by Crippen LogP contribution is -2.42. The molecular weight excluding hydrogens is 284 g/mol.